The number of hydrogen-bond donors (Lipinski definition) is 1. The number of aromatic nitrogens is 2. The molecule has 1 saturated heterocycles. The molecule has 0 atom stereocenters. The highest BCUT2D eigenvalue weighted by molar-refractivity contribution is 6.10. The Hall–Kier alpha value is -3.26. The van der Waals surface area contributed by atoms with Crippen LogP contribution in [0.25, 0.3) is 0 Å². The third-order valence-electron chi connectivity index (χ3n) is 8.34. The van der Waals surface area contributed by atoms with Gasteiger partial charge in [-0.05, 0) is 70.7 Å². The van der Waals surface area contributed by atoms with Crippen LogP contribution in [0.15, 0.2) is 41.5 Å². The fraction of sp³-hybridized carbons (Fsp3) is 0.533. The summed E-state index contributed by atoms with van der Waals surface area (Å²) in [4.78, 5) is 34.6. The monoisotopic (exact) mass is 515 g/mol. The van der Waals surface area contributed by atoms with Gasteiger partial charge in [-0.15, -0.1) is 0 Å². The zero-order chi connectivity index (χ0) is 27.0. The summed E-state index contributed by atoms with van der Waals surface area (Å²) in [6, 6.07) is 7.80. The molecule has 3 aliphatic rings. The van der Waals surface area contributed by atoms with Gasteiger partial charge in [-0.25, -0.2) is 9.97 Å². The molecule has 0 spiro atoms. The Balaban J connectivity index is 1.45. The van der Waals surface area contributed by atoms with Crippen molar-refractivity contribution in [2.24, 2.45) is 10.9 Å². The number of allylic oxidation sites excluding steroid dienone is 1. The normalized spacial score (nSPS) is 19.6. The number of nitrogens with one attached hydrogen (secondary N) is 1. The number of rotatable bonds is 7. The van der Waals surface area contributed by atoms with E-state index in [0.717, 1.165) is 59.3 Å². The van der Waals surface area contributed by atoms with E-state index >= 15 is 0 Å². The van der Waals surface area contributed by atoms with E-state index in [-0.39, 0.29) is 11.4 Å². The summed E-state index contributed by atoms with van der Waals surface area (Å²) in [7, 11) is 5.81. The maximum atomic E-state index is 13.8. The van der Waals surface area contributed by atoms with Gasteiger partial charge >= 0.3 is 0 Å². The van der Waals surface area contributed by atoms with Crippen molar-refractivity contribution in [1.29, 1.82) is 0 Å². The SMILES string of the molecule is C=C1CCC(C)(C)N1C(=NC)c1cccc(N2Cc3c(cc(N(C)CC4CCCC4)nc3CNC)C2=O)n1. The number of amidine groups is 1. The second-order valence-corrected chi connectivity index (χ2v) is 11.5. The Morgan fingerprint density at radius 3 is 2.68 bits per heavy atom. The van der Waals surface area contributed by atoms with Crippen LogP contribution in [-0.4, -0.2) is 59.8 Å². The molecule has 8 heteroatoms. The minimum absolute atomic E-state index is 0.0270. The number of carbonyl (C=O) groups excluding carboxylic acids is 1. The first-order chi connectivity index (χ1) is 18.2. The van der Waals surface area contributed by atoms with Gasteiger partial charge in [0.25, 0.3) is 5.91 Å². The Morgan fingerprint density at radius 1 is 1.26 bits per heavy atom. The van der Waals surface area contributed by atoms with E-state index in [1.54, 1.807) is 11.9 Å². The van der Waals surface area contributed by atoms with Crippen LogP contribution >= 0.6 is 0 Å². The number of fused-ring (bicyclic) bond motifs is 1. The van der Waals surface area contributed by atoms with E-state index in [9.17, 15) is 4.79 Å². The van der Waals surface area contributed by atoms with Gasteiger partial charge in [0.15, 0.2) is 5.84 Å². The Kier molecular flexibility index (Phi) is 7.27. The lowest BCUT2D eigenvalue weighted by Gasteiger charge is -2.34. The predicted octanol–water partition coefficient (Wildman–Crippen LogP) is 4.75. The van der Waals surface area contributed by atoms with Crippen molar-refractivity contribution in [2.75, 3.05) is 37.5 Å². The molecule has 2 aliphatic heterocycles. The number of pyridine rings is 2. The van der Waals surface area contributed by atoms with Crippen LogP contribution in [0.3, 0.4) is 0 Å². The smallest absolute Gasteiger partial charge is 0.260 e. The lowest BCUT2D eigenvalue weighted by atomic mass is 10.0. The standard InChI is InChI=1S/C30H41N7O/c1-20-14-15-30(2,3)37(20)28(32-5)24-12-9-13-26(33-24)36-19-23-22(29(36)38)16-27(34-25(23)17-31-4)35(6)18-21-10-7-8-11-21/h9,12-13,16,21,31H,1,7-8,10-11,14-15,17-19H2,2-6H3. The molecule has 0 radical (unpaired) electrons. The zero-order valence-electron chi connectivity index (χ0n) is 23.5. The topological polar surface area (TPSA) is 77.0 Å². The average Bonchev–Trinajstić information content (AvgIpc) is 3.60. The molecule has 2 aromatic heterocycles. The van der Waals surface area contributed by atoms with Crippen LogP contribution in [0.4, 0.5) is 11.6 Å². The highest BCUT2D eigenvalue weighted by Crippen LogP contribution is 2.37. The molecule has 0 aromatic carbocycles. The van der Waals surface area contributed by atoms with Crippen molar-refractivity contribution in [3.63, 3.8) is 0 Å². The summed E-state index contributed by atoms with van der Waals surface area (Å²) < 4.78 is 0. The van der Waals surface area contributed by atoms with E-state index in [1.165, 1.54) is 25.7 Å². The molecule has 8 nitrogen and oxygen atoms in total. The summed E-state index contributed by atoms with van der Waals surface area (Å²) in [5, 5.41) is 3.24. The van der Waals surface area contributed by atoms with Gasteiger partial charge in [-0.2, -0.15) is 0 Å². The number of carbonyl (C=O) groups is 1. The predicted molar refractivity (Wildman–Crippen MR) is 154 cm³/mol. The third-order valence-corrected chi connectivity index (χ3v) is 8.34. The van der Waals surface area contributed by atoms with Crippen LogP contribution in [-0.2, 0) is 13.1 Å². The number of nitrogens with zero attached hydrogens (tertiary/aromatic N) is 6. The highest BCUT2D eigenvalue weighted by Gasteiger charge is 2.38. The fourth-order valence-electron chi connectivity index (χ4n) is 6.29. The maximum Gasteiger partial charge on any atom is 0.260 e. The molecule has 2 fully saturated rings. The molecular formula is C30H41N7O. The van der Waals surface area contributed by atoms with Gasteiger partial charge in [-0.3, -0.25) is 14.7 Å². The van der Waals surface area contributed by atoms with Gasteiger partial charge < -0.3 is 15.1 Å². The number of hydrogen-bond acceptors (Lipinski definition) is 6. The van der Waals surface area contributed by atoms with Crippen LogP contribution in [0.1, 0.15) is 79.7 Å². The minimum Gasteiger partial charge on any atom is -0.359 e. The summed E-state index contributed by atoms with van der Waals surface area (Å²) in [5.74, 6) is 2.96. The Labute approximate surface area is 226 Å². The molecule has 4 heterocycles. The molecule has 1 saturated carbocycles. The van der Waals surface area contributed by atoms with E-state index < -0.39 is 0 Å². The highest BCUT2D eigenvalue weighted by atomic mass is 16.2. The summed E-state index contributed by atoms with van der Waals surface area (Å²) >= 11 is 0. The van der Waals surface area contributed by atoms with Gasteiger partial charge in [0, 0.05) is 44.0 Å². The van der Waals surface area contributed by atoms with Crippen LogP contribution in [0, 0.1) is 5.92 Å². The first-order valence-electron chi connectivity index (χ1n) is 13.9. The first kappa shape index (κ1) is 26.4. The van der Waals surface area contributed by atoms with Crippen molar-refractivity contribution < 1.29 is 4.79 Å². The Morgan fingerprint density at radius 2 is 2.03 bits per heavy atom. The number of amides is 1. The van der Waals surface area contributed by atoms with Gasteiger partial charge in [0.05, 0.1) is 17.8 Å². The lowest BCUT2D eigenvalue weighted by Crippen LogP contribution is -2.42. The van der Waals surface area contributed by atoms with Crippen molar-refractivity contribution in [2.45, 2.75) is 71.0 Å². The quantitative estimate of drug-likeness (QED) is 0.424. The molecule has 1 amide bonds. The number of likely N-dealkylation sites (tertiary alicyclic amines) is 1. The molecular weight excluding hydrogens is 474 g/mol. The molecule has 38 heavy (non-hydrogen) atoms. The molecule has 2 aromatic rings. The van der Waals surface area contributed by atoms with Crippen molar-refractivity contribution in [3.05, 3.63) is 59.1 Å². The molecule has 1 N–H and O–H groups in total. The van der Waals surface area contributed by atoms with Crippen molar-refractivity contribution >= 4 is 23.4 Å². The first-order valence-corrected chi connectivity index (χ1v) is 13.9. The van der Waals surface area contributed by atoms with E-state index in [1.807, 2.05) is 31.3 Å². The maximum absolute atomic E-state index is 13.8. The van der Waals surface area contributed by atoms with Crippen LogP contribution in [0.5, 0.6) is 0 Å². The summed E-state index contributed by atoms with van der Waals surface area (Å²) in [5.41, 5.74) is 4.34. The van der Waals surface area contributed by atoms with Crippen molar-refractivity contribution in [1.82, 2.24) is 20.2 Å². The molecule has 0 unspecified atom stereocenters. The zero-order valence-corrected chi connectivity index (χ0v) is 23.5. The second kappa shape index (κ2) is 10.5. The second-order valence-electron chi connectivity index (χ2n) is 11.5. The van der Waals surface area contributed by atoms with E-state index in [4.69, 9.17) is 9.97 Å². The van der Waals surface area contributed by atoms with Gasteiger partial charge in [-0.1, -0.05) is 25.5 Å². The molecule has 1 aliphatic carbocycles. The molecule has 0 bridgehead atoms. The summed E-state index contributed by atoms with van der Waals surface area (Å²) in [6.07, 6.45) is 7.13. The number of aliphatic imine (C=N–C) groups is 1. The van der Waals surface area contributed by atoms with Crippen LogP contribution in [0.2, 0.25) is 0 Å². The molecule has 5 rings (SSSR count). The van der Waals surface area contributed by atoms with E-state index in [2.05, 4.69) is 47.6 Å². The average molecular weight is 516 g/mol. The van der Waals surface area contributed by atoms with E-state index in [0.29, 0.717) is 24.8 Å². The lowest BCUT2D eigenvalue weighted by molar-refractivity contribution is 0.0996. The largest absolute Gasteiger partial charge is 0.359 e. The third kappa shape index (κ3) is 4.82. The van der Waals surface area contributed by atoms with Gasteiger partial charge in [0.2, 0.25) is 0 Å². The fourth-order valence-corrected chi connectivity index (χ4v) is 6.29. The number of anilines is 2. The van der Waals surface area contributed by atoms with Gasteiger partial charge in [0.1, 0.15) is 17.3 Å². The summed E-state index contributed by atoms with van der Waals surface area (Å²) in [6.45, 7) is 10.7. The minimum atomic E-state index is -0.0854. The Bertz CT molecular complexity index is 1260. The molecule has 202 valence electrons. The van der Waals surface area contributed by atoms with Crippen molar-refractivity contribution in [3.8, 4) is 0 Å². The van der Waals surface area contributed by atoms with Crippen LogP contribution < -0.4 is 15.1 Å².